The first-order chi connectivity index (χ1) is 7.18. The van der Waals surface area contributed by atoms with Gasteiger partial charge in [0.05, 0.1) is 12.4 Å². The van der Waals surface area contributed by atoms with E-state index in [9.17, 15) is 4.39 Å². The quantitative estimate of drug-likeness (QED) is 0.754. The molecule has 0 fully saturated rings. The Morgan fingerprint density at radius 3 is 2.67 bits per heavy atom. The van der Waals surface area contributed by atoms with Gasteiger partial charge in [-0.1, -0.05) is 25.1 Å². The molecule has 0 spiro atoms. The molecule has 2 aromatic rings. The summed E-state index contributed by atoms with van der Waals surface area (Å²) in [4.78, 5) is 0. The first kappa shape index (κ1) is 9.83. The largest absolute Gasteiger partial charge is 0.218 e. The summed E-state index contributed by atoms with van der Waals surface area (Å²) in [6.07, 6.45) is 3.14. The average molecular weight is 205 g/mol. The second kappa shape index (κ2) is 3.81. The zero-order valence-corrected chi connectivity index (χ0v) is 8.68. The summed E-state index contributed by atoms with van der Waals surface area (Å²) in [5.41, 5.74) is 1.41. The zero-order chi connectivity index (χ0) is 10.8. The lowest BCUT2D eigenvalue weighted by Gasteiger charge is -2.07. The maximum atomic E-state index is 13.7. The van der Waals surface area contributed by atoms with Crippen molar-refractivity contribution in [3.05, 3.63) is 42.0 Å². The Labute approximate surface area is 87.5 Å². The fourth-order valence-electron chi connectivity index (χ4n) is 1.40. The van der Waals surface area contributed by atoms with E-state index < -0.39 is 0 Å². The molecule has 0 aliphatic carbocycles. The van der Waals surface area contributed by atoms with Crippen LogP contribution in [-0.4, -0.2) is 15.0 Å². The molecule has 0 aliphatic rings. The van der Waals surface area contributed by atoms with E-state index in [1.165, 1.54) is 10.9 Å². The van der Waals surface area contributed by atoms with Gasteiger partial charge < -0.3 is 0 Å². The Kier molecular flexibility index (Phi) is 2.49. The minimum atomic E-state index is -0.272. The van der Waals surface area contributed by atoms with Gasteiger partial charge in [0.25, 0.3) is 0 Å². The van der Waals surface area contributed by atoms with Crippen LogP contribution in [0.25, 0.3) is 5.69 Å². The Balaban J connectivity index is 2.44. The predicted octanol–water partition coefficient (Wildman–Crippen LogP) is 2.53. The Morgan fingerprint density at radius 2 is 2.13 bits per heavy atom. The van der Waals surface area contributed by atoms with E-state index in [1.807, 2.05) is 19.9 Å². The topological polar surface area (TPSA) is 30.7 Å². The van der Waals surface area contributed by atoms with Gasteiger partial charge in [-0.05, 0) is 23.6 Å². The molecule has 1 heterocycles. The van der Waals surface area contributed by atoms with Crippen molar-refractivity contribution < 1.29 is 4.39 Å². The predicted molar refractivity (Wildman–Crippen MR) is 55.4 cm³/mol. The van der Waals surface area contributed by atoms with E-state index in [-0.39, 0.29) is 5.82 Å². The van der Waals surface area contributed by atoms with E-state index in [1.54, 1.807) is 18.3 Å². The molecule has 0 radical (unpaired) electrons. The SMILES string of the molecule is CC(C)c1ccc(-n2ccnn2)c(F)c1. The molecule has 0 saturated carbocycles. The van der Waals surface area contributed by atoms with Crippen LogP contribution < -0.4 is 0 Å². The van der Waals surface area contributed by atoms with Gasteiger partial charge in [0.2, 0.25) is 0 Å². The van der Waals surface area contributed by atoms with Crippen molar-refractivity contribution in [2.45, 2.75) is 19.8 Å². The molecule has 3 nitrogen and oxygen atoms in total. The monoisotopic (exact) mass is 205 g/mol. The first-order valence-corrected chi connectivity index (χ1v) is 4.84. The lowest BCUT2D eigenvalue weighted by atomic mass is 10.0. The number of halogens is 1. The summed E-state index contributed by atoms with van der Waals surface area (Å²) in [6, 6.07) is 5.17. The molecule has 15 heavy (non-hydrogen) atoms. The van der Waals surface area contributed by atoms with Gasteiger partial charge in [0, 0.05) is 0 Å². The molecule has 0 amide bonds. The summed E-state index contributed by atoms with van der Waals surface area (Å²) in [6.45, 7) is 4.06. The third-order valence-corrected chi connectivity index (χ3v) is 2.31. The second-order valence-electron chi connectivity index (χ2n) is 3.71. The normalized spacial score (nSPS) is 10.9. The summed E-state index contributed by atoms with van der Waals surface area (Å²) >= 11 is 0. The molecule has 0 aliphatic heterocycles. The third-order valence-electron chi connectivity index (χ3n) is 2.31. The summed E-state index contributed by atoms with van der Waals surface area (Å²) in [7, 11) is 0. The second-order valence-corrected chi connectivity index (χ2v) is 3.71. The molecule has 0 atom stereocenters. The molecule has 1 aromatic carbocycles. The maximum absolute atomic E-state index is 13.7. The van der Waals surface area contributed by atoms with Crippen LogP contribution in [-0.2, 0) is 0 Å². The van der Waals surface area contributed by atoms with Crippen molar-refractivity contribution in [1.29, 1.82) is 0 Å². The third kappa shape index (κ3) is 1.88. The van der Waals surface area contributed by atoms with Gasteiger partial charge in [0.1, 0.15) is 11.5 Å². The summed E-state index contributed by atoms with van der Waals surface area (Å²) in [5.74, 6) is 0.0518. The van der Waals surface area contributed by atoms with Crippen LogP contribution >= 0.6 is 0 Å². The van der Waals surface area contributed by atoms with Gasteiger partial charge in [-0.3, -0.25) is 0 Å². The minimum absolute atomic E-state index is 0.272. The van der Waals surface area contributed by atoms with Crippen molar-refractivity contribution >= 4 is 0 Å². The minimum Gasteiger partial charge on any atom is -0.218 e. The van der Waals surface area contributed by atoms with Crippen LogP contribution in [0.5, 0.6) is 0 Å². The average Bonchev–Trinajstić information content (AvgIpc) is 2.70. The van der Waals surface area contributed by atoms with Crippen molar-refractivity contribution in [1.82, 2.24) is 15.0 Å². The number of benzene rings is 1. The van der Waals surface area contributed by atoms with E-state index in [0.29, 0.717) is 11.6 Å². The smallest absolute Gasteiger partial charge is 0.149 e. The van der Waals surface area contributed by atoms with Gasteiger partial charge >= 0.3 is 0 Å². The van der Waals surface area contributed by atoms with Crippen LogP contribution in [0, 0.1) is 5.82 Å². The zero-order valence-electron chi connectivity index (χ0n) is 8.68. The Bertz CT molecular complexity index is 449. The Hall–Kier alpha value is -1.71. The molecule has 0 saturated heterocycles. The van der Waals surface area contributed by atoms with Crippen molar-refractivity contribution in [3.8, 4) is 5.69 Å². The standard InChI is InChI=1S/C11H12FN3/c1-8(2)9-3-4-11(10(12)7-9)15-6-5-13-14-15/h3-8H,1-2H3. The highest BCUT2D eigenvalue weighted by Crippen LogP contribution is 2.19. The molecule has 0 unspecified atom stereocenters. The fraction of sp³-hybridized carbons (Fsp3) is 0.273. The van der Waals surface area contributed by atoms with Gasteiger partial charge in [0.15, 0.2) is 0 Å². The number of nitrogens with zero attached hydrogens (tertiary/aromatic N) is 3. The molecule has 0 N–H and O–H groups in total. The van der Waals surface area contributed by atoms with Crippen molar-refractivity contribution in [3.63, 3.8) is 0 Å². The number of aromatic nitrogens is 3. The summed E-state index contributed by atoms with van der Waals surface area (Å²) < 4.78 is 15.1. The lowest BCUT2D eigenvalue weighted by Crippen LogP contribution is -2.00. The van der Waals surface area contributed by atoms with Crippen LogP contribution in [0.3, 0.4) is 0 Å². The molecular weight excluding hydrogens is 193 g/mol. The van der Waals surface area contributed by atoms with Crippen LogP contribution in [0.1, 0.15) is 25.3 Å². The number of hydrogen-bond acceptors (Lipinski definition) is 2. The Morgan fingerprint density at radius 1 is 1.33 bits per heavy atom. The number of hydrogen-bond donors (Lipinski definition) is 0. The van der Waals surface area contributed by atoms with Crippen molar-refractivity contribution in [2.75, 3.05) is 0 Å². The van der Waals surface area contributed by atoms with Crippen LogP contribution in [0.15, 0.2) is 30.6 Å². The highest BCUT2D eigenvalue weighted by atomic mass is 19.1. The van der Waals surface area contributed by atoms with Crippen LogP contribution in [0.2, 0.25) is 0 Å². The fourth-order valence-corrected chi connectivity index (χ4v) is 1.40. The van der Waals surface area contributed by atoms with Crippen LogP contribution in [0.4, 0.5) is 4.39 Å². The van der Waals surface area contributed by atoms with Gasteiger partial charge in [-0.25, -0.2) is 9.07 Å². The molecule has 4 heteroatoms. The molecule has 1 aromatic heterocycles. The maximum Gasteiger partial charge on any atom is 0.149 e. The van der Waals surface area contributed by atoms with E-state index in [0.717, 1.165) is 5.56 Å². The van der Waals surface area contributed by atoms with Crippen molar-refractivity contribution in [2.24, 2.45) is 0 Å². The molecule has 0 bridgehead atoms. The highest BCUT2D eigenvalue weighted by molar-refractivity contribution is 5.36. The molecule has 78 valence electrons. The van der Waals surface area contributed by atoms with Gasteiger partial charge in [-0.2, -0.15) is 0 Å². The summed E-state index contributed by atoms with van der Waals surface area (Å²) in [5, 5.41) is 7.39. The highest BCUT2D eigenvalue weighted by Gasteiger charge is 2.07. The first-order valence-electron chi connectivity index (χ1n) is 4.84. The lowest BCUT2D eigenvalue weighted by molar-refractivity contribution is 0.603. The van der Waals surface area contributed by atoms with E-state index in [2.05, 4.69) is 10.3 Å². The number of rotatable bonds is 2. The molecule has 2 rings (SSSR count). The van der Waals surface area contributed by atoms with Gasteiger partial charge in [-0.15, -0.1) is 5.10 Å². The van der Waals surface area contributed by atoms with E-state index in [4.69, 9.17) is 0 Å². The molecular formula is C11H12FN3. The van der Waals surface area contributed by atoms with E-state index >= 15 is 0 Å².